The number of benzene rings is 2. The third kappa shape index (κ3) is 4.41. The molecule has 0 bridgehead atoms. The molecule has 2 amide bonds. The summed E-state index contributed by atoms with van der Waals surface area (Å²) in [5.41, 5.74) is 2.45. The van der Waals surface area contributed by atoms with Crippen LogP contribution in [-0.4, -0.2) is 34.8 Å². The number of likely N-dealkylation sites (tertiary alicyclic amines) is 1. The van der Waals surface area contributed by atoms with Crippen molar-refractivity contribution in [2.24, 2.45) is 5.92 Å². The van der Waals surface area contributed by atoms with Gasteiger partial charge in [-0.2, -0.15) is 0 Å². The Morgan fingerprint density at radius 3 is 2.79 bits per heavy atom. The van der Waals surface area contributed by atoms with Crippen LogP contribution in [0.15, 0.2) is 48.7 Å². The van der Waals surface area contributed by atoms with Gasteiger partial charge >= 0.3 is 0 Å². The van der Waals surface area contributed by atoms with Gasteiger partial charge in [0.1, 0.15) is 0 Å². The second kappa shape index (κ2) is 8.47. The summed E-state index contributed by atoms with van der Waals surface area (Å²) in [6.45, 7) is 1.47. The predicted octanol–water partition coefficient (Wildman–Crippen LogP) is 4.64. The Bertz CT molecular complexity index is 1060. The topological polar surface area (TPSA) is 65.2 Å². The van der Waals surface area contributed by atoms with Crippen molar-refractivity contribution in [3.8, 4) is 0 Å². The predicted molar refractivity (Wildman–Crippen MR) is 115 cm³/mol. The fourth-order valence-corrected chi connectivity index (χ4v) is 4.04. The number of halogens is 2. The molecule has 1 fully saturated rings. The second-order valence-corrected chi connectivity index (χ2v) is 8.15. The van der Waals surface area contributed by atoms with Crippen LogP contribution in [-0.2, 0) is 11.3 Å². The summed E-state index contributed by atoms with van der Waals surface area (Å²) in [5.74, 6) is -0.304. The summed E-state index contributed by atoms with van der Waals surface area (Å²) in [7, 11) is 0. The lowest BCUT2D eigenvalue weighted by molar-refractivity contribution is -0.126. The smallest absolute Gasteiger partial charge is 0.253 e. The Morgan fingerprint density at radius 2 is 1.97 bits per heavy atom. The number of carbonyl (C=O) groups excluding carboxylic acids is 2. The Kier molecular flexibility index (Phi) is 5.79. The average molecular weight is 430 g/mol. The summed E-state index contributed by atoms with van der Waals surface area (Å²) in [6.07, 6.45) is 3.43. The van der Waals surface area contributed by atoms with Crippen molar-refractivity contribution in [3.05, 3.63) is 69.8 Å². The van der Waals surface area contributed by atoms with E-state index < -0.39 is 0 Å². The lowest BCUT2D eigenvalue weighted by atomic mass is 9.96. The largest absolute Gasteiger partial charge is 0.361 e. The van der Waals surface area contributed by atoms with Crippen LogP contribution in [0.4, 0.5) is 0 Å². The van der Waals surface area contributed by atoms with E-state index in [1.807, 2.05) is 36.5 Å². The van der Waals surface area contributed by atoms with Gasteiger partial charge in [0.15, 0.2) is 0 Å². The van der Waals surface area contributed by atoms with Crippen LogP contribution >= 0.6 is 23.2 Å². The normalized spacial score (nSPS) is 16.8. The standard InChI is InChI=1S/C22H21Cl2N3O2/c23-18-6-3-14(10-19(18)24)12-26-21(28)17-2-1-9-27(13-17)22(29)16-5-4-15-7-8-25-20(15)11-16/h3-8,10-11,17,25H,1-2,9,12-13H2,(H,26,28). The monoisotopic (exact) mass is 429 g/mol. The van der Waals surface area contributed by atoms with Gasteiger partial charge in [0.2, 0.25) is 5.91 Å². The van der Waals surface area contributed by atoms with Crippen LogP contribution in [0.3, 0.4) is 0 Å². The highest BCUT2D eigenvalue weighted by atomic mass is 35.5. The first-order chi connectivity index (χ1) is 14.0. The first-order valence-corrected chi connectivity index (χ1v) is 10.3. The van der Waals surface area contributed by atoms with E-state index in [0.717, 1.165) is 29.3 Å². The van der Waals surface area contributed by atoms with E-state index in [1.54, 1.807) is 17.0 Å². The van der Waals surface area contributed by atoms with E-state index in [4.69, 9.17) is 23.2 Å². The Labute approximate surface area is 179 Å². The zero-order chi connectivity index (χ0) is 20.4. The number of aromatic amines is 1. The zero-order valence-electron chi connectivity index (χ0n) is 15.8. The van der Waals surface area contributed by atoms with E-state index in [2.05, 4.69) is 10.3 Å². The van der Waals surface area contributed by atoms with Crippen molar-refractivity contribution >= 4 is 45.9 Å². The second-order valence-electron chi connectivity index (χ2n) is 7.34. The lowest BCUT2D eigenvalue weighted by Crippen LogP contribution is -2.45. The average Bonchev–Trinajstić information content (AvgIpc) is 3.22. The number of hydrogen-bond acceptors (Lipinski definition) is 2. The number of rotatable bonds is 4. The number of H-pyrrole nitrogens is 1. The molecule has 1 aromatic heterocycles. The fraction of sp³-hybridized carbons (Fsp3) is 0.273. The molecule has 1 unspecified atom stereocenters. The van der Waals surface area contributed by atoms with Gasteiger partial charge in [0, 0.05) is 36.9 Å². The SMILES string of the molecule is O=C(NCc1ccc(Cl)c(Cl)c1)C1CCCN(C(=O)c2ccc3cc[nH]c3c2)C1. The van der Waals surface area contributed by atoms with Crippen LogP contribution in [0.2, 0.25) is 10.0 Å². The van der Waals surface area contributed by atoms with Gasteiger partial charge in [-0.05, 0) is 54.1 Å². The molecule has 1 aliphatic heterocycles. The molecular weight excluding hydrogens is 409 g/mol. The maximum absolute atomic E-state index is 12.9. The third-order valence-electron chi connectivity index (χ3n) is 5.33. The number of fused-ring (bicyclic) bond motifs is 1. The van der Waals surface area contributed by atoms with Gasteiger partial charge in [0.05, 0.1) is 16.0 Å². The number of piperidine rings is 1. The number of aromatic nitrogens is 1. The molecule has 1 aliphatic rings. The molecule has 7 heteroatoms. The summed E-state index contributed by atoms with van der Waals surface area (Å²) < 4.78 is 0. The minimum atomic E-state index is -0.218. The number of carbonyl (C=O) groups is 2. The molecule has 5 nitrogen and oxygen atoms in total. The van der Waals surface area contributed by atoms with Crippen LogP contribution < -0.4 is 5.32 Å². The molecule has 29 heavy (non-hydrogen) atoms. The molecule has 0 aliphatic carbocycles. The van der Waals surface area contributed by atoms with E-state index in [0.29, 0.717) is 35.2 Å². The lowest BCUT2D eigenvalue weighted by Gasteiger charge is -2.32. The first kappa shape index (κ1) is 19.8. The van der Waals surface area contributed by atoms with Crippen molar-refractivity contribution in [2.45, 2.75) is 19.4 Å². The number of hydrogen-bond donors (Lipinski definition) is 2. The molecule has 4 rings (SSSR count). The van der Waals surface area contributed by atoms with E-state index >= 15 is 0 Å². The van der Waals surface area contributed by atoms with Gasteiger partial charge in [-0.15, -0.1) is 0 Å². The highest BCUT2D eigenvalue weighted by Gasteiger charge is 2.29. The number of nitrogens with zero attached hydrogens (tertiary/aromatic N) is 1. The molecule has 2 heterocycles. The van der Waals surface area contributed by atoms with Crippen molar-refractivity contribution in [2.75, 3.05) is 13.1 Å². The quantitative estimate of drug-likeness (QED) is 0.633. The van der Waals surface area contributed by atoms with E-state index in [1.165, 1.54) is 0 Å². The molecule has 2 aromatic carbocycles. The van der Waals surface area contributed by atoms with Crippen LogP contribution in [0, 0.1) is 5.92 Å². The van der Waals surface area contributed by atoms with Gasteiger partial charge in [-0.1, -0.05) is 35.3 Å². The molecular formula is C22H21Cl2N3O2. The van der Waals surface area contributed by atoms with E-state index in [9.17, 15) is 9.59 Å². The van der Waals surface area contributed by atoms with Crippen LogP contribution in [0.1, 0.15) is 28.8 Å². The van der Waals surface area contributed by atoms with E-state index in [-0.39, 0.29) is 17.7 Å². The summed E-state index contributed by atoms with van der Waals surface area (Å²) in [4.78, 5) is 30.5. The molecule has 0 saturated carbocycles. The maximum Gasteiger partial charge on any atom is 0.253 e. The van der Waals surface area contributed by atoms with Gasteiger partial charge in [-0.3, -0.25) is 9.59 Å². The highest BCUT2D eigenvalue weighted by molar-refractivity contribution is 6.42. The molecule has 0 spiro atoms. The molecule has 150 valence electrons. The fourth-order valence-electron chi connectivity index (χ4n) is 3.72. The maximum atomic E-state index is 12.9. The minimum Gasteiger partial charge on any atom is -0.361 e. The highest BCUT2D eigenvalue weighted by Crippen LogP contribution is 2.23. The molecule has 2 N–H and O–H groups in total. The van der Waals surface area contributed by atoms with Crippen molar-refractivity contribution < 1.29 is 9.59 Å². The van der Waals surface area contributed by atoms with Gasteiger partial charge in [0.25, 0.3) is 5.91 Å². The van der Waals surface area contributed by atoms with Gasteiger partial charge in [-0.25, -0.2) is 0 Å². The van der Waals surface area contributed by atoms with Crippen molar-refractivity contribution in [1.29, 1.82) is 0 Å². The molecule has 3 aromatic rings. The third-order valence-corrected chi connectivity index (χ3v) is 6.07. The molecule has 0 radical (unpaired) electrons. The molecule has 1 atom stereocenters. The van der Waals surface area contributed by atoms with Crippen molar-refractivity contribution in [3.63, 3.8) is 0 Å². The summed E-state index contributed by atoms with van der Waals surface area (Å²) >= 11 is 12.0. The Hall–Kier alpha value is -2.50. The van der Waals surface area contributed by atoms with Gasteiger partial charge < -0.3 is 15.2 Å². The number of amides is 2. The summed E-state index contributed by atoms with van der Waals surface area (Å²) in [5, 5.41) is 4.97. The number of nitrogens with one attached hydrogen (secondary N) is 2. The first-order valence-electron chi connectivity index (χ1n) is 9.59. The van der Waals surface area contributed by atoms with Crippen LogP contribution in [0.5, 0.6) is 0 Å². The zero-order valence-corrected chi connectivity index (χ0v) is 17.3. The Morgan fingerprint density at radius 1 is 1.10 bits per heavy atom. The summed E-state index contributed by atoms with van der Waals surface area (Å²) in [6, 6.07) is 12.9. The Balaban J connectivity index is 1.38. The van der Waals surface area contributed by atoms with Crippen molar-refractivity contribution in [1.82, 2.24) is 15.2 Å². The molecule has 1 saturated heterocycles. The van der Waals surface area contributed by atoms with Crippen LogP contribution in [0.25, 0.3) is 10.9 Å². The minimum absolute atomic E-state index is 0.0384.